The summed E-state index contributed by atoms with van der Waals surface area (Å²) in [4.78, 5) is 4.33. The number of benzene rings is 1. The Hall–Kier alpha value is -1.51. The van der Waals surface area contributed by atoms with Crippen LogP contribution in [0.15, 0.2) is 28.6 Å². The molecular weight excluding hydrogens is 494 g/mol. The first-order valence-electron chi connectivity index (χ1n) is 8.79. The van der Waals surface area contributed by atoms with Crippen LogP contribution in [0.3, 0.4) is 0 Å². The maximum atomic E-state index is 13.7. The predicted octanol–water partition coefficient (Wildman–Crippen LogP) is 2.33. The molecule has 0 radical (unpaired) electrons. The molecule has 166 valence electrons. The highest BCUT2D eigenvalue weighted by Gasteiger charge is 2.46. The van der Waals surface area contributed by atoms with Gasteiger partial charge in [0.25, 0.3) is 5.19 Å². The summed E-state index contributed by atoms with van der Waals surface area (Å²) in [6, 6.07) is 1.64. The lowest BCUT2D eigenvalue weighted by Crippen LogP contribution is -2.55. The van der Waals surface area contributed by atoms with Crippen LogP contribution in [0, 0.1) is 5.82 Å². The van der Waals surface area contributed by atoms with Crippen LogP contribution >= 0.6 is 46.3 Å². The van der Waals surface area contributed by atoms with Crippen molar-refractivity contribution in [1.82, 2.24) is 20.0 Å². The van der Waals surface area contributed by atoms with Crippen LogP contribution in [0.4, 0.5) is 4.39 Å². The van der Waals surface area contributed by atoms with Gasteiger partial charge in [-0.3, -0.25) is 0 Å². The van der Waals surface area contributed by atoms with Gasteiger partial charge in [0.1, 0.15) is 41.2 Å². The van der Waals surface area contributed by atoms with Gasteiger partial charge in [-0.1, -0.05) is 51.5 Å². The van der Waals surface area contributed by atoms with E-state index in [1.165, 1.54) is 23.0 Å². The Labute approximate surface area is 193 Å². The minimum atomic E-state index is -1.31. The standard InChI is InChI=1S/C17H15Cl2FN4O5S2/c18-7-1-6(2-8(19)12(7)20)31-16-15(27)13(14(26)11(4-25)29-16)24-3-9(22-23-24)10-5-30-17(28)21-10/h1-3,5,11,13-16,25-27H,4H2,(H,21,28)/t11?,13-,14-,15?,16+/m0/s1. The van der Waals surface area contributed by atoms with Gasteiger partial charge in [-0.2, -0.15) is 0 Å². The predicted molar refractivity (Wildman–Crippen MR) is 112 cm³/mol. The molecule has 3 heterocycles. The minimum Gasteiger partial charge on any atom is -0.486 e. The zero-order chi connectivity index (χ0) is 22.3. The Balaban J connectivity index is 1.62. The van der Waals surface area contributed by atoms with Crippen LogP contribution in [0.5, 0.6) is 5.19 Å². The molecule has 5 atom stereocenters. The Morgan fingerprint density at radius 3 is 2.52 bits per heavy atom. The number of ether oxygens (including phenoxy) is 1. The van der Waals surface area contributed by atoms with Gasteiger partial charge in [0, 0.05) is 10.3 Å². The first-order chi connectivity index (χ1) is 14.8. The highest BCUT2D eigenvalue weighted by molar-refractivity contribution is 7.99. The molecule has 4 rings (SSSR count). The summed E-state index contributed by atoms with van der Waals surface area (Å²) in [6.07, 6.45) is -2.19. The first-order valence-corrected chi connectivity index (χ1v) is 11.3. The van der Waals surface area contributed by atoms with Crippen molar-refractivity contribution in [3.8, 4) is 16.6 Å². The van der Waals surface area contributed by atoms with E-state index < -0.39 is 42.2 Å². The van der Waals surface area contributed by atoms with Gasteiger partial charge in [-0.05, 0) is 12.1 Å². The van der Waals surface area contributed by atoms with Gasteiger partial charge in [0.05, 0.1) is 22.8 Å². The number of thiazole rings is 1. The Kier molecular flexibility index (Phi) is 6.70. The molecule has 14 heteroatoms. The quantitative estimate of drug-likeness (QED) is 0.383. The molecule has 1 fully saturated rings. The van der Waals surface area contributed by atoms with Crippen LogP contribution in [-0.2, 0) is 4.74 Å². The maximum absolute atomic E-state index is 13.7. The number of aliphatic hydroxyl groups is 3. The van der Waals surface area contributed by atoms with Gasteiger partial charge >= 0.3 is 0 Å². The third kappa shape index (κ3) is 4.52. The number of aromatic hydroxyl groups is 1. The second-order valence-electron chi connectivity index (χ2n) is 6.62. The number of halogens is 3. The summed E-state index contributed by atoms with van der Waals surface area (Å²) in [6.45, 7) is -0.520. The van der Waals surface area contributed by atoms with E-state index in [1.807, 2.05) is 0 Å². The molecule has 2 aromatic heterocycles. The summed E-state index contributed by atoms with van der Waals surface area (Å²) >= 11 is 13.7. The fourth-order valence-electron chi connectivity index (χ4n) is 3.13. The topological polar surface area (TPSA) is 134 Å². The Bertz CT molecular complexity index is 1060. The molecule has 4 N–H and O–H groups in total. The Morgan fingerprint density at radius 1 is 1.19 bits per heavy atom. The van der Waals surface area contributed by atoms with Gasteiger partial charge in [-0.25, -0.2) is 14.1 Å². The summed E-state index contributed by atoms with van der Waals surface area (Å²) in [5, 5.41) is 49.7. The van der Waals surface area contributed by atoms with Crippen molar-refractivity contribution >= 4 is 46.3 Å². The molecular formula is C17H15Cl2FN4O5S2. The minimum absolute atomic E-state index is 0.135. The lowest BCUT2D eigenvalue weighted by molar-refractivity contribution is -0.178. The van der Waals surface area contributed by atoms with Crippen molar-refractivity contribution in [2.45, 2.75) is 34.7 Å². The molecule has 0 amide bonds. The number of thioether (sulfide) groups is 1. The molecule has 0 aliphatic carbocycles. The van der Waals surface area contributed by atoms with Gasteiger partial charge < -0.3 is 25.2 Å². The SMILES string of the molecule is OCC1O[C@H](Sc2cc(Cl)c(F)c(Cl)c2)C(O)[C@@H](n2cc(-c3csc(O)n3)nn2)[C@H]1O. The van der Waals surface area contributed by atoms with Crippen molar-refractivity contribution in [3.05, 3.63) is 39.6 Å². The van der Waals surface area contributed by atoms with Crippen molar-refractivity contribution < 1.29 is 29.6 Å². The number of hydrogen-bond acceptors (Lipinski definition) is 10. The second kappa shape index (κ2) is 9.16. The molecule has 0 saturated carbocycles. The fraction of sp³-hybridized carbons (Fsp3) is 0.353. The molecule has 1 saturated heterocycles. The normalized spacial score (nSPS) is 26.3. The fourth-order valence-corrected chi connectivity index (χ4v) is 5.43. The van der Waals surface area contributed by atoms with Crippen molar-refractivity contribution in [2.24, 2.45) is 0 Å². The van der Waals surface area contributed by atoms with Gasteiger partial charge in [-0.15, -0.1) is 5.10 Å². The van der Waals surface area contributed by atoms with Crippen LogP contribution in [0.1, 0.15) is 6.04 Å². The van der Waals surface area contributed by atoms with Crippen LogP contribution < -0.4 is 0 Å². The average Bonchev–Trinajstić information content (AvgIpc) is 3.37. The third-order valence-corrected chi connectivity index (χ3v) is 6.95. The van der Waals surface area contributed by atoms with E-state index in [-0.39, 0.29) is 15.2 Å². The molecule has 31 heavy (non-hydrogen) atoms. The van der Waals surface area contributed by atoms with Crippen LogP contribution in [0.2, 0.25) is 10.0 Å². The van der Waals surface area contributed by atoms with Crippen molar-refractivity contribution in [1.29, 1.82) is 0 Å². The second-order valence-corrected chi connectivity index (χ2v) is 9.44. The number of hydrogen-bond donors (Lipinski definition) is 4. The smallest absolute Gasteiger partial charge is 0.271 e. The van der Waals surface area contributed by atoms with E-state index in [0.29, 0.717) is 16.3 Å². The van der Waals surface area contributed by atoms with Crippen LogP contribution in [-0.4, -0.2) is 70.8 Å². The monoisotopic (exact) mass is 508 g/mol. The lowest BCUT2D eigenvalue weighted by Gasteiger charge is -2.41. The van der Waals surface area contributed by atoms with Gasteiger partial charge in [0.2, 0.25) is 0 Å². The third-order valence-electron chi connectivity index (χ3n) is 4.63. The van der Waals surface area contributed by atoms with E-state index in [9.17, 15) is 24.8 Å². The van der Waals surface area contributed by atoms with Crippen molar-refractivity contribution in [2.75, 3.05) is 6.61 Å². The van der Waals surface area contributed by atoms with E-state index in [0.717, 1.165) is 23.1 Å². The summed E-state index contributed by atoms with van der Waals surface area (Å²) in [7, 11) is 0. The van der Waals surface area contributed by atoms with E-state index in [2.05, 4.69) is 15.3 Å². The highest BCUT2D eigenvalue weighted by atomic mass is 35.5. The average molecular weight is 509 g/mol. The molecule has 1 aromatic carbocycles. The summed E-state index contributed by atoms with van der Waals surface area (Å²) < 4.78 is 20.6. The van der Waals surface area contributed by atoms with Crippen molar-refractivity contribution in [3.63, 3.8) is 0 Å². The van der Waals surface area contributed by atoms with Gasteiger partial charge in [0.15, 0.2) is 5.82 Å². The molecule has 1 aliphatic heterocycles. The summed E-state index contributed by atoms with van der Waals surface area (Å²) in [5.41, 5.74) is -0.270. The number of aromatic nitrogens is 4. The van der Waals surface area contributed by atoms with E-state index >= 15 is 0 Å². The molecule has 9 nitrogen and oxygen atoms in total. The molecule has 0 spiro atoms. The highest BCUT2D eigenvalue weighted by Crippen LogP contribution is 2.40. The summed E-state index contributed by atoms with van der Waals surface area (Å²) in [5.74, 6) is -0.762. The lowest BCUT2D eigenvalue weighted by atomic mass is 9.97. The molecule has 3 aromatic rings. The molecule has 1 aliphatic rings. The number of nitrogens with zero attached hydrogens (tertiary/aromatic N) is 4. The van der Waals surface area contributed by atoms with E-state index in [4.69, 9.17) is 27.9 Å². The largest absolute Gasteiger partial charge is 0.486 e. The molecule has 2 unspecified atom stereocenters. The number of aliphatic hydroxyl groups excluding tert-OH is 3. The Morgan fingerprint density at radius 2 is 1.90 bits per heavy atom. The molecule has 0 bridgehead atoms. The first kappa shape index (κ1) is 22.7. The zero-order valence-electron chi connectivity index (χ0n) is 15.3. The zero-order valence-corrected chi connectivity index (χ0v) is 18.5. The van der Waals surface area contributed by atoms with Crippen LogP contribution in [0.25, 0.3) is 11.4 Å². The number of rotatable bonds is 5. The van der Waals surface area contributed by atoms with E-state index in [1.54, 1.807) is 5.38 Å². The maximum Gasteiger partial charge on any atom is 0.271 e.